The number of nitrogens with zero attached hydrogens (tertiary/aromatic N) is 1. The number of nitrogens with one attached hydrogen (secondary N) is 1. The fourth-order valence-electron chi connectivity index (χ4n) is 2.24. The minimum atomic E-state index is -0.140. The lowest BCUT2D eigenvalue weighted by Crippen LogP contribution is -2.26. The zero-order valence-corrected chi connectivity index (χ0v) is 12.6. The van der Waals surface area contributed by atoms with Gasteiger partial charge in [0.1, 0.15) is 11.4 Å². The summed E-state index contributed by atoms with van der Waals surface area (Å²) in [5, 5.41) is 2.89. The van der Waals surface area contributed by atoms with E-state index >= 15 is 0 Å². The second kappa shape index (κ2) is 6.88. The van der Waals surface area contributed by atoms with E-state index in [4.69, 9.17) is 4.74 Å². The molecule has 1 aromatic heterocycles. The maximum atomic E-state index is 11.9. The second-order valence-electron chi connectivity index (χ2n) is 4.90. The Morgan fingerprint density at radius 1 is 1.19 bits per heavy atom. The molecule has 0 aliphatic rings. The van der Waals surface area contributed by atoms with Crippen molar-refractivity contribution in [2.24, 2.45) is 0 Å². The number of hydrogen-bond acceptors (Lipinski definition) is 3. The Kier molecular flexibility index (Phi) is 4.93. The lowest BCUT2D eigenvalue weighted by atomic mass is 10.00. The maximum Gasteiger partial charge on any atom is 0.269 e. The molecule has 2 aromatic rings. The van der Waals surface area contributed by atoms with E-state index in [9.17, 15) is 4.79 Å². The first-order chi connectivity index (χ1) is 10.1. The number of ether oxygens (including phenoxy) is 1. The SMILES string of the molecule is COc1ccc(CCNC(=O)c2ccccn2)c(C)c1C. The number of benzene rings is 1. The molecule has 21 heavy (non-hydrogen) atoms. The van der Waals surface area contributed by atoms with Gasteiger partial charge in [-0.25, -0.2) is 0 Å². The van der Waals surface area contributed by atoms with Crippen molar-refractivity contribution in [3.05, 3.63) is 58.9 Å². The maximum absolute atomic E-state index is 11.9. The molecule has 0 saturated carbocycles. The first-order valence-electron chi connectivity index (χ1n) is 6.95. The minimum Gasteiger partial charge on any atom is -0.496 e. The van der Waals surface area contributed by atoms with Crippen molar-refractivity contribution >= 4 is 5.91 Å². The third-order valence-corrected chi connectivity index (χ3v) is 3.65. The van der Waals surface area contributed by atoms with Gasteiger partial charge in [-0.05, 0) is 55.2 Å². The molecular weight excluding hydrogens is 264 g/mol. The number of methoxy groups -OCH3 is 1. The van der Waals surface area contributed by atoms with Crippen molar-refractivity contribution in [3.8, 4) is 5.75 Å². The molecule has 0 aliphatic carbocycles. The Balaban J connectivity index is 1.95. The average molecular weight is 284 g/mol. The fourth-order valence-corrected chi connectivity index (χ4v) is 2.24. The van der Waals surface area contributed by atoms with Crippen molar-refractivity contribution < 1.29 is 9.53 Å². The van der Waals surface area contributed by atoms with Crippen molar-refractivity contribution in [3.63, 3.8) is 0 Å². The van der Waals surface area contributed by atoms with Gasteiger partial charge in [-0.3, -0.25) is 9.78 Å². The number of carbonyl (C=O) groups excluding carboxylic acids is 1. The van der Waals surface area contributed by atoms with Gasteiger partial charge in [-0.2, -0.15) is 0 Å². The van der Waals surface area contributed by atoms with Crippen LogP contribution in [-0.4, -0.2) is 24.5 Å². The highest BCUT2D eigenvalue weighted by Crippen LogP contribution is 2.23. The number of aromatic nitrogens is 1. The summed E-state index contributed by atoms with van der Waals surface area (Å²) >= 11 is 0. The summed E-state index contributed by atoms with van der Waals surface area (Å²) in [5.74, 6) is 0.757. The molecular formula is C17H20N2O2. The smallest absolute Gasteiger partial charge is 0.269 e. The Bertz CT molecular complexity index is 624. The van der Waals surface area contributed by atoms with Crippen LogP contribution in [0.4, 0.5) is 0 Å². The van der Waals surface area contributed by atoms with Crippen molar-refractivity contribution in [1.29, 1.82) is 0 Å². The highest BCUT2D eigenvalue weighted by atomic mass is 16.5. The molecule has 1 N–H and O–H groups in total. The summed E-state index contributed by atoms with van der Waals surface area (Å²) in [6.07, 6.45) is 2.40. The van der Waals surface area contributed by atoms with Gasteiger partial charge in [0.15, 0.2) is 0 Å². The van der Waals surface area contributed by atoms with Gasteiger partial charge in [0.05, 0.1) is 7.11 Å². The topological polar surface area (TPSA) is 51.2 Å². The van der Waals surface area contributed by atoms with Crippen LogP contribution in [0.15, 0.2) is 36.5 Å². The van der Waals surface area contributed by atoms with E-state index in [0.717, 1.165) is 17.7 Å². The van der Waals surface area contributed by atoms with E-state index in [0.29, 0.717) is 12.2 Å². The fraction of sp³-hybridized carbons (Fsp3) is 0.294. The van der Waals surface area contributed by atoms with Gasteiger partial charge in [-0.1, -0.05) is 12.1 Å². The molecule has 0 spiro atoms. The average Bonchev–Trinajstić information content (AvgIpc) is 2.52. The number of amides is 1. The normalized spacial score (nSPS) is 10.2. The van der Waals surface area contributed by atoms with Crippen LogP contribution in [0.1, 0.15) is 27.2 Å². The summed E-state index contributed by atoms with van der Waals surface area (Å²) in [6.45, 7) is 4.71. The van der Waals surface area contributed by atoms with Crippen LogP contribution in [-0.2, 0) is 6.42 Å². The van der Waals surface area contributed by atoms with Gasteiger partial charge in [0.25, 0.3) is 5.91 Å². The first-order valence-corrected chi connectivity index (χ1v) is 6.95. The third kappa shape index (κ3) is 3.60. The highest BCUT2D eigenvalue weighted by molar-refractivity contribution is 5.92. The third-order valence-electron chi connectivity index (χ3n) is 3.65. The molecule has 0 aliphatic heterocycles. The molecule has 2 rings (SSSR count). The quantitative estimate of drug-likeness (QED) is 0.918. The van der Waals surface area contributed by atoms with Crippen molar-refractivity contribution in [2.75, 3.05) is 13.7 Å². The van der Waals surface area contributed by atoms with Gasteiger partial charge < -0.3 is 10.1 Å². The second-order valence-corrected chi connectivity index (χ2v) is 4.90. The summed E-state index contributed by atoms with van der Waals surface area (Å²) < 4.78 is 5.30. The summed E-state index contributed by atoms with van der Waals surface area (Å²) in [4.78, 5) is 15.9. The van der Waals surface area contributed by atoms with E-state index in [1.807, 2.05) is 19.1 Å². The number of pyridine rings is 1. The Morgan fingerprint density at radius 3 is 2.67 bits per heavy atom. The molecule has 0 fully saturated rings. The molecule has 0 atom stereocenters. The standard InChI is InChI=1S/C17H20N2O2/c1-12-13(2)16(21-3)8-7-14(12)9-11-19-17(20)15-6-4-5-10-18-15/h4-8,10H,9,11H2,1-3H3,(H,19,20). The molecule has 4 heteroatoms. The van der Waals surface area contributed by atoms with Gasteiger partial charge in [0, 0.05) is 12.7 Å². The van der Waals surface area contributed by atoms with Crippen LogP contribution in [0.2, 0.25) is 0 Å². The first kappa shape index (κ1) is 15.0. The molecule has 0 unspecified atom stereocenters. The molecule has 110 valence electrons. The van der Waals surface area contributed by atoms with Crippen LogP contribution in [0.5, 0.6) is 5.75 Å². The Hall–Kier alpha value is -2.36. The summed E-state index contributed by atoms with van der Waals surface area (Å²) in [7, 11) is 1.68. The van der Waals surface area contributed by atoms with Crippen LogP contribution in [0, 0.1) is 13.8 Å². The zero-order valence-electron chi connectivity index (χ0n) is 12.6. The monoisotopic (exact) mass is 284 g/mol. The van der Waals surface area contributed by atoms with E-state index in [1.165, 1.54) is 11.1 Å². The number of rotatable bonds is 5. The Morgan fingerprint density at radius 2 is 2.00 bits per heavy atom. The lowest BCUT2D eigenvalue weighted by molar-refractivity contribution is 0.0949. The highest BCUT2D eigenvalue weighted by Gasteiger charge is 2.08. The van der Waals surface area contributed by atoms with Crippen LogP contribution in [0.3, 0.4) is 0 Å². The molecule has 0 saturated heterocycles. The van der Waals surface area contributed by atoms with Crippen molar-refractivity contribution in [2.45, 2.75) is 20.3 Å². The molecule has 1 amide bonds. The number of carbonyl (C=O) groups is 1. The summed E-state index contributed by atoms with van der Waals surface area (Å²) in [6, 6.07) is 9.32. The van der Waals surface area contributed by atoms with Crippen molar-refractivity contribution in [1.82, 2.24) is 10.3 Å². The molecule has 0 bridgehead atoms. The molecule has 0 radical (unpaired) electrons. The molecule has 1 aromatic carbocycles. The van der Waals surface area contributed by atoms with Crippen LogP contribution >= 0.6 is 0 Å². The van der Waals surface area contributed by atoms with Gasteiger partial charge >= 0.3 is 0 Å². The van der Waals surface area contributed by atoms with E-state index < -0.39 is 0 Å². The van der Waals surface area contributed by atoms with Gasteiger partial charge in [-0.15, -0.1) is 0 Å². The van der Waals surface area contributed by atoms with E-state index in [2.05, 4.69) is 17.2 Å². The number of hydrogen-bond donors (Lipinski definition) is 1. The summed E-state index contributed by atoms with van der Waals surface area (Å²) in [5.41, 5.74) is 4.02. The predicted molar refractivity (Wildman–Crippen MR) is 82.7 cm³/mol. The largest absolute Gasteiger partial charge is 0.496 e. The lowest BCUT2D eigenvalue weighted by Gasteiger charge is -2.13. The predicted octanol–water partition coefficient (Wildman–Crippen LogP) is 2.68. The van der Waals surface area contributed by atoms with E-state index in [-0.39, 0.29) is 5.91 Å². The minimum absolute atomic E-state index is 0.140. The molecule has 4 nitrogen and oxygen atoms in total. The Labute approximate surface area is 125 Å². The molecule has 1 heterocycles. The van der Waals surface area contributed by atoms with E-state index in [1.54, 1.807) is 31.5 Å². The zero-order chi connectivity index (χ0) is 15.2. The van der Waals surface area contributed by atoms with Gasteiger partial charge in [0.2, 0.25) is 0 Å². The van der Waals surface area contributed by atoms with Crippen LogP contribution in [0.25, 0.3) is 0 Å². The van der Waals surface area contributed by atoms with Crippen LogP contribution < -0.4 is 10.1 Å².